The summed E-state index contributed by atoms with van der Waals surface area (Å²) in [5.74, 6) is -0.579. The van der Waals surface area contributed by atoms with Gasteiger partial charge in [0.05, 0.1) is 19.1 Å². The number of amides is 2. The van der Waals surface area contributed by atoms with Crippen molar-refractivity contribution in [2.24, 2.45) is 5.92 Å². The predicted molar refractivity (Wildman–Crippen MR) is 121 cm³/mol. The molecule has 0 unspecified atom stereocenters. The van der Waals surface area contributed by atoms with Crippen molar-refractivity contribution >= 4 is 17.8 Å². The van der Waals surface area contributed by atoms with Crippen LogP contribution in [0.15, 0.2) is 24.3 Å². The molecule has 2 amide bonds. The highest BCUT2D eigenvalue weighted by Crippen LogP contribution is 2.19. The van der Waals surface area contributed by atoms with Crippen molar-refractivity contribution in [3.63, 3.8) is 0 Å². The molecule has 1 aliphatic heterocycles. The predicted octanol–water partition coefficient (Wildman–Crippen LogP) is 2.79. The number of esters is 1. The van der Waals surface area contributed by atoms with E-state index >= 15 is 0 Å². The number of carbonyl (C=O) groups excluding carboxylic acids is 3. The molecule has 7 heteroatoms. The first-order valence-corrected chi connectivity index (χ1v) is 11.3. The summed E-state index contributed by atoms with van der Waals surface area (Å²) in [7, 11) is 1.65. The molecule has 1 heterocycles. The van der Waals surface area contributed by atoms with E-state index in [0.29, 0.717) is 44.1 Å². The van der Waals surface area contributed by atoms with E-state index in [1.54, 1.807) is 18.9 Å². The first-order chi connectivity index (χ1) is 14.8. The Morgan fingerprint density at radius 1 is 1.10 bits per heavy atom. The van der Waals surface area contributed by atoms with Crippen LogP contribution in [-0.2, 0) is 20.9 Å². The number of hydrogen-bond acceptors (Lipinski definition) is 5. The van der Waals surface area contributed by atoms with Crippen LogP contribution >= 0.6 is 0 Å². The van der Waals surface area contributed by atoms with Crippen molar-refractivity contribution in [2.75, 3.05) is 39.8 Å². The van der Waals surface area contributed by atoms with E-state index in [2.05, 4.69) is 25.7 Å². The Balaban J connectivity index is 1.86. The molecule has 0 saturated carbocycles. The molecular weight excluding hydrogens is 394 g/mol. The summed E-state index contributed by atoms with van der Waals surface area (Å²) < 4.78 is 5.07. The highest BCUT2D eigenvalue weighted by Gasteiger charge is 2.29. The lowest BCUT2D eigenvalue weighted by Gasteiger charge is -2.32. The molecule has 0 bridgehead atoms. The van der Waals surface area contributed by atoms with Crippen molar-refractivity contribution < 1.29 is 19.1 Å². The number of rotatable bonds is 9. The number of likely N-dealkylation sites (N-methyl/N-ethyl adjacent to an activating group) is 1. The lowest BCUT2D eigenvalue weighted by Crippen LogP contribution is -2.45. The minimum atomic E-state index is -0.180. The number of piperidine rings is 1. The summed E-state index contributed by atoms with van der Waals surface area (Å²) >= 11 is 0. The van der Waals surface area contributed by atoms with Crippen LogP contribution < -0.4 is 0 Å². The summed E-state index contributed by atoms with van der Waals surface area (Å²) in [6, 6.07) is 8.09. The molecular formula is C24H37N3O4. The van der Waals surface area contributed by atoms with Crippen LogP contribution in [0.2, 0.25) is 0 Å². The van der Waals surface area contributed by atoms with Gasteiger partial charge in [-0.2, -0.15) is 0 Å². The Morgan fingerprint density at radius 2 is 1.71 bits per heavy atom. The highest BCUT2D eigenvalue weighted by atomic mass is 16.5. The molecule has 0 aromatic heterocycles. The fraction of sp³-hybridized carbons (Fsp3) is 0.625. The summed E-state index contributed by atoms with van der Waals surface area (Å²) in [5.41, 5.74) is 1.74. The molecule has 0 spiro atoms. The number of likely N-dealkylation sites (tertiary alicyclic amines) is 1. The van der Waals surface area contributed by atoms with Crippen LogP contribution in [-0.4, -0.2) is 78.4 Å². The average Bonchev–Trinajstić information content (AvgIpc) is 2.77. The van der Waals surface area contributed by atoms with E-state index in [0.717, 1.165) is 18.7 Å². The topological polar surface area (TPSA) is 70.2 Å². The average molecular weight is 432 g/mol. The fourth-order valence-corrected chi connectivity index (χ4v) is 3.87. The lowest BCUT2D eigenvalue weighted by molar-refractivity contribution is -0.151. The molecule has 1 fully saturated rings. The van der Waals surface area contributed by atoms with Crippen LogP contribution in [0.25, 0.3) is 0 Å². The van der Waals surface area contributed by atoms with Crippen molar-refractivity contribution in [2.45, 2.75) is 53.1 Å². The molecule has 0 radical (unpaired) electrons. The molecule has 1 saturated heterocycles. The van der Waals surface area contributed by atoms with Gasteiger partial charge >= 0.3 is 5.97 Å². The van der Waals surface area contributed by atoms with Gasteiger partial charge in [-0.1, -0.05) is 19.1 Å². The standard InChI is InChI=1S/C24H37N3O4/c1-6-26(18(3)4)16-19-8-10-20(11-9-19)23(29)25(5)17-22(28)27-14-12-21(13-15-27)24(30)31-7-2/h8-11,18,21H,6-7,12-17H2,1-5H3. The quantitative estimate of drug-likeness (QED) is 0.563. The number of benzene rings is 1. The maximum atomic E-state index is 12.8. The number of carbonyl (C=O) groups is 3. The second-order valence-corrected chi connectivity index (χ2v) is 8.42. The van der Waals surface area contributed by atoms with Crippen LogP contribution in [0.5, 0.6) is 0 Å². The van der Waals surface area contributed by atoms with E-state index < -0.39 is 0 Å². The summed E-state index contributed by atoms with van der Waals surface area (Å²) in [6.45, 7) is 11.5. The summed E-state index contributed by atoms with van der Waals surface area (Å²) in [4.78, 5) is 42.8. The third-order valence-electron chi connectivity index (χ3n) is 5.91. The van der Waals surface area contributed by atoms with Gasteiger partial charge in [0.25, 0.3) is 5.91 Å². The van der Waals surface area contributed by atoms with Crippen molar-refractivity contribution in [3.8, 4) is 0 Å². The Morgan fingerprint density at radius 3 is 2.23 bits per heavy atom. The minimum absolute atomic E-state index is 0.0294. The second kappa shape index (κ2) is 11.8. The number of nitrogens with zero attached hydrogens (tertiary/aromatic N) is 3. The van der Waals surface area contributed by atoms with Gasteiger partial charge in [0, 0.05) is 38.3 Å². The van der Waals surface area contributed by atoms with Crippen LogP contribution in [0.1, 0.15) is 56.5 Å². The third kappa shape index (κ3) is 7.06. The number of ether oxygens (including phenoxy) is 1. The molecule has 1 aromatic carbocycles. The normalized spacial score (nSPS) is 14.7. The van der Waals surface area contributed by atoms with Crippen LogP contribution in [0, 0.1) is 5.92 Å². The minimum Gasteiger partial charge on any atom is -0.466 e. The summed E-state index contributed by atoms with van der Waals surface area (Å²) in [6.07, 6.45) is 1.21. The van der Waals surface area contributed by atoms with Crippen molar-refractivity contribution in [1.82, 2.24) is 14.7 Å². The maximum absolute atomic E-state index is 12.8. The zero-order valence-electron chi connectivity index (χ0n) is 19.6. The molecule has 0 aliphatic carbocycles. The van der Waals surface area contributed by atoms with E-state index in [4.69, 9.17) is 4.74 Å². The van der Waals surface area contributed by atoms with E-state index in [1.807, 2.05) is 24.3 Å². The van der Waals surface area contributed by atoms with Gasteiger partial charge in [-0.15, -0.1) is 0 Å². The second-order valence-electron chi connectivity index (χ2n) is 8.42. The summed E-state index contributed by atoms with van der Waals surface area (Å²) in [5, 5.41) is 0. The van der Waals surface area contributed by atoms with Crippen LogP contribution in [0.3, 0.4) is 0 Å². The molecule has 0 N–H and O–H groups in total. The van der Waals surface area contributed by atoms with Crippen molar-refractivity contribution in [3.05, 3.63) is 35.4 Å². The first-order valence-electron chi connectivity index (χ1n) is 11.3. The smallest absolute Gasteiger partial charge is 0.309 e. The maximum Gasteiger partial charge on any atom is 0.309 e. The Bertz CT molecular complexity index is 740. The van der Waals surface area contributed by atoms with Gasteiger partial charge in [0.2, 0.25) is 5.91 Å². The zero-order chi connectivity index (χ0) is 23.0. The van der Waals surface area contributed by atoms with Gasteiger partial charge < -0.3 is 14.5 Å². The molecule has 0 atom stereocenters. The molecule has 1 aromatic rings. The molecule has 7 nitrogen and oxygen atoms in total. The SMILES string of the molecule is CCOC(=O)C1CCN(C(=O)CN(C)C(=O)c2ccc(CN(CC)C(C)C)cc2)CC1. The van der Waals surface area contributed by atoms with E-state index in [1.165, 1.54) is 4.90 Å². The van der Waals surface area contributed by atoms with Gasteiger partial charge in [-0.05, 0) is 57.9 Å². The van der Waals surface area contributed by atoms with Gasteiger partial charge in [0.15, 0.2) is 0 Å². The van der Waals surface area contributed by atoms with Gasteiger partial charge in [-0.3, -0.25) is 19.3 Å². The fourth-order valence-electron chi connectivity index (χ4n) is 3.87. The number of hydrogen-bond donors (Lipinski definition) is 0. The van der Waals surface area contributed by atoms with E-state index in [-0.39, 0.29) is 30.2 Å². The largest absolute Gasteiger partial charge is 0.466 e. The van der Waals surface area contributed by atoms with Crippen molar-refractivity contribution in [1.29, 1.82) is 0 Å². The molecule has 1 aliphatic rings. The molecule has 172 valence electrons. The molecule has 2 rings (SSSR count). The highest BCUT2D eigenvalue weighted by molar-refractivity contribution is 5.96. The lowest BCUT2D eigenvalue weighted by atomic mass is 9.97. The van der Waals surface area contributed by atoms with E-state index in [9.17, 15) is 14.4 Å². The monoisotopic (exact) mass is 431 g/mol. The Hall–Kier alpha value is -2.41. The third-order valence-corrected chi connectivity index (χ3v) is 5.91. The Labute approximate surface area is 186 Å². The van der Waals surface area contributed by atoms with Crippen LogP contribution in [0.4, 0.5) is 0 Å². The first kappa shape index (κ1) is 24.9. The van der Waals surface area contributed by atoms with Gasteiger partial charge in [-0.25, -0.2) is 0 Å². The molecule has 31 heavy (non-hydrogen) atoms. The zero-order valence-corrected chi connectivity index (χ0v) is 19.6. The van der Waals surface area contributed by atoms with Gasteiger partial charge in [0.1, 0.15) is 0 Å². The Kier molecular flexibility index (Phi) is 9.49.